The second-order valence-corrected chi connectivity index (χ2v) is 11.4. The lowest BCUT2D eigenvalue weighted by Gasteiger charge is -2.35. The first-order chi connectivity index (χ1) is 17.3. The van der Waals surface area contributed by atoms with Crippen molar-refractivity contribution < 1.29 is 32.2 Å². The molecule has 2 aromatic rings. The Bertz CT molecular complexity index is 1190. The van der Waals surface area contributed by atoms with Gasteiger partial charge in [-0.3, -0.25) is 0 Å². The lowest BCUT2D eigenvalue weighted by atomic mass is 10.1. The van der Waals surface area contributed by atoms with Gasteiger partial charge in [0.15, 0.2) is 0 Å². The van der Waals surface area contributed by atoms with Crippen molar-refractivity contribution in [2.75, 3.05) is 33.3 Å². The van der Waals surface area contributed by atoms with E-state index in [4.69, 9.17) is 14.2 Å². The fourth-order valence-corrected chi connectivity index (χ4v) is 5.30. The number of carbonyl (C=O) groups is 2. The predicted octanol–water partition coefficient (Wildman–Crippen LogP) is 5.15. The predicted molar refractivity (Wildman–Crippen MR) is 142 cm³/mol. The van der Waals surface area contributed by atoms with E-state index in [-0.39, 0.29) is 42.4 Å². The van der Waals surface area contributed by atoms with Crippen LogP contribution in [-0.4, -0.2) is 68.6 Å². The van der Waals surface area contributed by atoms with E-state index >= 15 is 0 Å². The molecule has 1 aliphatic rings. The molecule has 10 heteroatoms. The highest BCUT2D eigenvalue weighted by molar-refractivity contribution is 7.89. The van der Waals surface area contributed by atoms with Gasteiger partial charge in [-0.25, -0.2) is 18.0 Å². The first-order valence-electron chi connectivity index (χ1n) is 12.3. The van der Waals surface area contributed by atoms with Crippen molar-refractivity contribution in [3.05, 3.63) is 53.1 Å². The van der Waals surface area contributed by atoms with Crippen molar-refractivity contribution >= 4 is 22.1 Å². The lowest BCUT2D eigenvalue weighted by molar-refractivity contribution is 0.0192. The molecule has 1 fully saturated rings. The van der Waals surface area contributed by atoms with Gasteiger partial charge >= 0.3 is 12.1 Å². The Hall–Kier alpha value is -3.11. The molecule has 9 nitrogen and oxygen atoms in total. The van der Waals surface area contributed by atoms with E-state index in [1.165, 1.54) is 34.5 Å². The minimum atomic E-state index is -4.06. The van der Waals surface area contributed by atoms with Gasteiger partial charge in [0.2, 0.25) is 10.0 Å². The SMILES string of the molecule is CC.COC(=O)c1ccc(Oc2cc(C)cc(C)c2)c(S(=O)(=O)N2CCN(C(=O)OC(C)(C)C)CC2)c1. The van der Waals surface area contributed by atoms with Crippen molar-refractivity contribution in [3.63, 3.8) is 0 Å². The maximum absolute atomic E-state index is 13.7. The number of aryl methyl sites for hydroxylation is 2. The van der Waals surface area contributed by atoms with Gasteiger partial charge in [-0.05, 0) is 76.1 Å². The Kier molecular flexibility index (Phi) is 10.1. The Morgan fingerprint density at radius 1 is 0.892 bits per heavy atom. The van der Waals surface area contributed by atoms with E-state index < -0.39 is 27.7 Å². The van der Waals surface area contributed by atoms with Crippen molar-refractivity contribution in [3.8, 4) is 11.5 Å². The molecule has 0 N–H and O–H groups in total. The number of amides is 1. The van der Waals surface area contributed by atoms with Gasteiger partial charge in [0.05, 0.1) is 12.7 Å². The van der Waals surface area contributed by atoms with Gasteiger partial charge in [0.25, 0.3) is 0 Å². The zero-order valence-electron chi connectivity index (χ0n) is 23.0. The summed E-state index contributed by atoms with van der Waals surface area (Å²) in [5.41, 5.74) is 1.38. The monoisotopic (exact) mass is 534 g/mol. The number of rotatable bonds is 5. The molecule has 0 bridgehead atoms. The topological polar surface area (TPSA) is 102 Å². The lowest BCUT2D eigenvalue weighted by Crippen LogP contribution is -2.51. The molecule has 0 saturated carbocycles. The standard InChI is InChI=1S/C25H32N2O7S.C2H6/c1-17-13-18(2)15-20(14-17)33-21-8-7-19(23(28)32-6)16-22(21)35(30,31)27-11-9-26(10-12-27)24(29)34-25(3,4)5;1-2/h7-8,13-16H,9-12H2,1-6H3;1-2H3. The fraction of sp³-hybridized carbons (Fsp3) is 0.481. The summed E-state index contributed by atoms with van der Waals surface area (Å²) in [4.78, 5) is 25.8. The second kappa shape index (κ2) is 12.4. The van der Waals surface area contributed by atoms with Gasteiger partial charge in [-0.2, -0.15) is 4.31 Å². The Labute approximate surface area is 220 Å². The van der Waals surface area contributed by atoms with Crippen LogP contribution >= 0.6 is 0 Å². The summed E-state index contributed by atoms with van der Waals surface area (Å²) < 4.78 is 44.7. The van der Waals surface area contributed by atoms with Crippen molar-refractivity contribution in [1.29, 1.82) is 0 Å². The van der Waals surface area contributed by atoms with E-state index in [0.29, 0.717) is 5.75 Å². The Morgan fingerprint density at radius 2 is 1.46 bits per heavy atom. The molecule has 3 rings (SSSR count). The zero-order valence-corrected chi connectivity index (χ0v) is 23.8. The minimum Gasteiger partial charge on any atom is -0.465 e. The average Bonchev–Trinajstić information content (AvgIpc) is 2.83. The maximum Gasteiger partial charge on any atom is 0.410 e. The van der Waals surface area contributed by atoms with Crippen molar-refractivity contribution in [1.82, 2.24) is 9.21 Å². The summed E-state index contributed by atoms with van der Waals surface area (Å²) in [6.07, 6.45) is -0.485. The molecule has 1 amide bonds. The third-order valence-corrected chi connectivity index (χ3v) is 7.22. The summed E-state index contributed by atoms with van der Waals surface area (Å²) in [7, 11) is -2.83. The molecule has 0 radical (unpaired) electrons. The van der Waals surface area contributed by atoms with Crippen molar-refractivity contribution in [2.45, 2.75) is 59.0 Å². The van der Waals surface area contributed by atoms with Crippen LogP contribution in [0, 0.1) is 13.8 Å². The Balaban J connectivity index is 0.00000235. The summed E-state index contributed by atoms with van der Waals surface area (Å²) in [5.74, 6) is -0.0779. The third kappa shape index (κ3) is 7.93. The van der Waals surface area contributed by atoms with Crippen LogP contribution < -0.4 is 4.74 Å². The molecule has 0 aliphatic carbocycles. The largest absolute Gasteiger partial charge is 0.465 e. The number of methoxy groups -OCH3 is 1. The number of sulfonamides is 1. The van der Waals surface area contributed by atoms with Crippen LogP contribution in [0.2, 0.25) is 0 Å². The van der Waals surface area contributed by atoms with Crippen LogP contribution in [0.15, 0.2) is 41.3 Å². The molecule has 204 valence electrons. The molecule has 2 aromatic carbocycles. The molecule has 0 aromatic heterocycles. The van der Waals surface area contributed by atoms with Crippen molar-refractivity contribution in [2.24, 2.45) is 0 Å². The van der Waals surface area contributed by atoms with Gasteiger partial charge in [0, 0.05) is 26.2 Å². The number of piperazine rings is 1. The molecule has 1 saturated heterocycles. The highest BCUT2D eigenvalue weighted by Crippen LogP contribution is 2.33. The zero-order chi connectivity index (χ0) is 28.0. The van der Waals surface area contributed by atoms with Crippen LogP contribution in [-0.2, 0) is 19.5 Å². The smallest absolute Gasteiger partial charge is 0.410 e. The van der Waals surface area contributed by atoms with Gasteiger partial charge in [0.1, 0.15) is 22.0 Å². The van der Waals surface area contributed by atoms with Crippen LogP contribution in [0.1, 0.15) is 56.1 Å². The second-order valence-electron chi connectivity index (χ2n) is 9.45. The van der Waals surface area contributed by atoms with E-state index in [9.17, 15) is 18.0 Å². The van der Waals surface area contributed by atoms with Gasteiger partial charge in [-0.1, -0.05) is 19.9 Å². The molecule has 0 unspecified atom stereocenters. The molecule has 37 heavy (non-hydrogen) atoms. The molecule has 0 spiro atoms. The van der Waals surface area contributed by atoms with Crippen LogP contribution in [0.4, 0.5) is 4.79 Å². The summed E-state index contributed by atoms with van der Waals surface area (Å²) in [5, 5.41) is 0. The summed E-state index contributed by atoms with van der Waals surface area (Å²) in [6.45, 7) is 13.7. The summed E-state index contributed by atoms with van der Waals surface area (Å²) >= 11 is 0. The fourth-order valence-electron chi connectivity index (χ4n) is 3.73. The number of carbonyl (C=O) groups excluding carboxylic acids is 2. The molecule has 1 aliphatic heterocycles. The number of benzene rings is 2. The van der Waals surface area contributed by atoms with E-state index in [0.717, 1.165) is 11.1 Å². The third-order valence-electron chi connectivity index (χ3n) is 5.30. The average molecular weight is 535 g/mol. The highest BCUT2D eigenvalue weighted by atomic mass is 32.2. The molecule has 1 heterocycles. The number of hydrogen-bond acceptors (Lipinski definition) is 7. The number of hydrogen-bond donors (Lipinski definition) is 0. The number of ether oxygens (including phenoxy) is 3. The normalized spacial score (nSPS) is 14.3. The minimum absolute atomic E-state index is 0.0764. The Morgan fingerprint density at radius 3 is 1.97 bits per heavy atom. The van der Waals surface area contributed by atoms with Crippen LogP contribution in [0.5, 0.6) is 11.5 Å². The molecular weight excluding hydrogens is 496 g/mol. The number of esters is 1. The van der Waals surface area contributed by atoms with E-state index in [1.54, 1.807) is 32.9 Å². The van der Waals surface area contributed by atoms with Gasteiger partial charge < -0.3 is 19.1 Å². The maximum atomic E-state index is 13.7. The van der Waals surface area contributed by atoms with Crippen LogP contribution in [0.3, 0.4) is 0 Å². The first-order valence-corrected chi connectivity index (χ1v) is 13.7. The van der Waals surface area contributed by atoms with Crippen LogP contribution in [0.25, 0.3) is 0 Å². The van der Waals surface area contributed by atoms with E-state index in [1.807, 2.05) is 33.8 Å². The highest BCUT2D eigenvalue weighted by Gasteiger charge is 2.34. The van der Waals surface area contributed by atoms with E-state index in [2.05, 4.69) is 0 Å². The van der Waals surface area contributed by atoms with Gasteiger partial charge in [-0.15, -0.1) is 0 Å². The molecular formula is C27H38N2O7S. The first kappa shape index (κ1) is 30.1. The number of nitrogens with zero attached hydrogens (tertiary/aromatic N) is 2. The quantitative estimate of drug-likeness (QED) is 0.489. The molecule has 0 atom stereocenters. The summed E-state index contributed by atoms with van der Waals surface area (Å²) in [6, 6.07) is 9.76.